The maximum Gasteiger partial charge on any atom is 0.188 e. The number of benzene rings is 1. The van der Waals surface area contributed by atoms with Crippen LogP contribution < -0.4 is 10.1 Å². The molecule has 0 bridgehead atoms. The Morgan fingerprint density at radius 3 is 3.06 bits per heavy atom. The molecule has 1 aromatic carbocycles. The van der Waals surface area contributed by atoms with Crippen molar-refractivity contribution < 1.29 is 9.47 Å². The van der Waals surface area contributed by atoms with Gasteiger partial charge >= 0.3 is 0 Å². The molecule has 0 aliphatic heterocycles. The second-order valence-electron chi connectivity index (χ2n) is 4.41. The van der Waals surface area contributed by atoms with Crippen LogP contribution in [-0.2, 0) is 11.2 Å². The van der Waals surface area contributed by atoms with Crippen molar-refractivity contribution in [1.82, 2.24) is 5.32 Å². The summed E-state index contributed by atoms with van der Waals surface area (Å²) in [6, 6.07) is 6.89. The van der Waals surface area contributed by atoms with Gasteiger partial charge in [-0.05, 0) is 49.1 Å². The molecular weight excluding hydrogens is 214 g/mol. The molecule has 0 spiro atoms. The second-order valence-corrected chi connectivity index (χ2v) is 4.41. The summed E-state index contributed by atoms with van der Waals surface area (Å²) in [7, 11) is 1.64. The molecular formula is C14H21NO2. The maximum absolute atomic E-state index is 5.47. The highest BCUT2D eigenvalue weighted by atomic mass is 16.7. The third kappa shape index (κ3) is 2.99. The number of hydrogen-bond donors (Lipinski definition) is 1. The fraction of sp³-hybridized carbons (Fsp3) is 0.571. The Morgan fingerprint density at radius 2 is 2.29 bits per heavy atom. The largest absolute Gasteiger partial charge is 0.468 e. The zero-order valence-corrected chi connectivity index (χ0v) is 10.7. The summed E-state index contributed by atoms with van der Waals surface area (Å²) in [6.07, 6.45) is 3.64. The zero-order chi connectivity index (χ0) is 12.1. The van der Waals surface area contributed by atoms with E-state index in [4.69, 9.17) is 9.47 Å². The summed E-state index contributed by atoms with van der Waals surface area (Å²) in [4.78, 5) is 0. The van der Waals surface area contributed by atoms with Crippen LogP contribution in [-0.4, -0.2) is 20.4 Å². The molecule has 0 fully saturated rings. The van der Waals surface area contributed by atoms with Crippen LogP contribution in [0.2, 0.25) is 0 Å². The first-order chi connectivity index (χ1) is 8.35. The normalized spacial score (nSPS) is 18.8. The third-order valence-corrected chi connectivity index (χ3v) is 3.22. The fourth-order valence-electron chi connectivity index (χ4n) is 2.47. The summed E-state index contributed by atoms with van der Waals surface area (Å²) >= 11 is 0. The third-order valence-electron chi connectivity index (χ3n) is 3.22. The predicted molar refractivity (Wildman–Crippen MR) is 68.3 cm³/mol. The van der Waals surface area contributed by atoms with Crippen molar-refractivity contribution in [3.8, 4) is 5.75 Å². The van der Waals surface area contributed by atoms with Crippen LogP contribution in [0.3, 0.4) is 0 Å². The molecule has 0 saturated heterocycles. The fourth-order valence-corrected chi connectivity index (χ4v) is 2.47. The molecule has 1 aliphatic carbocycles. The number of rotatable bonds is 5. The SMILES string of the molecule is CCNC1CCCc2cc(OCOC)ccc21. The van der Waals surface area contributed by atoms with E-state index in [-0.39, 0.29) is 0 Å². The molecule has 1 atom stereocenters. The van der Waals surface area contributed by atoms with Gasteiger partial charge in [0.2, 0.25) is 0 Å². The number of hydrogen-bond acceptors (Lipinski definition) is 3. The van der Waals surface area contributed by atoms with Gasteiger partial charge in [0.05, 0.1) is 0 Å². The standard InChI is InChI=1S/C14H21NO2/c1-3-15-14-6-4-5-11-9-12(17-10-16-2)7-8-13(11)14/h7-9,14-15H,3-6,10H2,1-2H3. The van der Waals surface area contributed by atoms with Gasteiger partial charge in [0, 0.05) is 13.2 Å². The minimum Gasteiger partial charge on any atom is -0.468 e. The Kier molecular flexibility index (Phi) is 4.40. The molecule has 0 heterocycles. The number of methoxy groups -OCH3 is 1. The quantitative estimate of drug-likeness (QED) is 0.796. The van der Waals surface area contributed by atoms with Gasteiger partial charge in [0.1, 0.15) is 5.75 Å². The average molecular weight is 235 g/mol. The Morgan fingerprint density at radius 1 is 1.41 bits per heavy atom. The van der Waals surface area contributed by atoms with E-state index in [0.29, 0.717) is 12.8 Å². The van der Waals surface area contributed by atoms with Crippen molar-refractivity contribution in [3.05, 3.63) is 29.3 Å². The molecule has 0 radical (unpaired) electrons. The van der Waals surface area contributed by atoms with Crippen molar-refractivity contribution in [1.29, 1.82) is 0 Å². The molecule has 1 aromatic rings. The minimum atomic E-state index is 0.315. The molecule has 3 heteroatoms. The smallest absolute Gasteiger partial charge is 0.188 e. The molecule has 2 rings (SSSR count). The Bertz CT molecular complexity index is 365. The molecule has 1 unspecified atom stereocenters. The predicted octanol–water partition coefficient (Wildman–Crippen LogP) is 2.66. The zero-order valence-electron chi connectivity index (χ0n) is 10.7. The second kappa shape index (κ2) is 6.03. The van der Waals surface area contributed by atoms with E-state index in [9.17, 15) is 0 Å². The lowest BCUT2D eigenvalue weighted by Crippen LogP contribution is -2.24. The van der Waals surface area contributed by atoms with Gasteiger partial charge in [-0.25, -0.2) is 0 Å². The van der Waals surface area contributed by atoms with Gasteiger partial charge in [-0.3, -0.25) is 0 Å². The first kappa shape index (κ1) is 12.4. The summed E-state index contributed by atoms with van der Waals surface area (Å²) in [5.74, 6) is 0.905. The topological polar surface area (TPSA) is 30.5 Å². The van der Waals surface area contributed by atoms with Crippen LogP contribution >= 0.6 is 0 Å². The minimum absolute atomic E-state index is 0.315. The molecule has 17 heavy (non-hydrogen) atoms. The van der Waals surface area contributed by atoms with Crippen LogP contribution in [0.4, 0.5) is 0 Å². The van der Waals surface area contributed by atoms with E-state index in [1.165, 1.54) is 24.0 Å². The Hall–Kier alpha value is -1.06. The van der Waals surface area contributed by atoms with Crippen molar-refractivity contribution in [3.63, 3.8) is 0 Å². The van der Waals surface area contributed by atoms with Crippen LogP contribution in [0.25, 0.3) is 0 Å². The van der Waals surface area contributed by atoms with Gasteiger partial charge < -0.3 is 14.8 Å². The molecule has 1 N–H and O–H groups in total. The van der Waals surface area contributed by atoms with E-state index < -0.39 is 0 Å². The van der Waals surface area contributed by atoms with E-state index in [2.05, 4.69) is 24.4 Å². The summed E-state index contributed by atoms with van der Waals surface area (Å²) < 4.78 is 10.4. The van der Waals surface area contributed by atoms with E-state index in [0.717, 1.165) is 18.7 Å². The number of nitrogens with one attached hydrogen (secondary N) is 1. The maximum atomic E-state index is 5.47. The lowest BCUT2D eigenvalue weighted by Gasteiger charge is -2.26. The molecule has 0 aromatic heterocycles. The lowest BCUT2D eigenvalue weighted by atomic mass is 9.87. The molecule has 94 valence electrons. The highest BCUT2D eigenvalue weighted by Crippen LogP contribution is 2.32. The van der Waals surface area contributed by atoms with Crippen molar-refractivity contribution in [2.75, 3.05) is 20.4 Å². The molecule has 0 amide bonds. The molecule has 3 nitrogen and oxygen atoms in total. The van der Waals surface area contributed by atoms with Crippen LogP contribution in [0.5, 0.6) is 5.75 Å². The highest BCUT2D eigenvalue weighted by Gasteiger charge is 2.19. The number of fused-ring (bicyclic) bond motifs is 1. The van der Waals surface area contributed by atoms with Gasteiger partial charge in [-0.15, -0.1) is 0 Å². The van der Waals surface area contributed by atoms with Gasteiger partial charge in [-0.2, -0.15) is 0 Å². The molecule has 1 aliphatic rings. The Balaban J connectivity index is 2.14. The monoisotopic (exact) mass is 235 g/mol. The summed E-state index contributed by atoms with van der Waals surface area (Å²) in [6.45, 7) is 3.49. The van der Waals surface area contributed by atoms with Crippen molar-refractivity contribution >= 4 is 0 Å². The number of ether oxygens (including phenoxy) is 2. The average Bonchev–Trinajstić information content (AvgIpc) is 2.37. The van der Waals surface area contributed by atoms with Gasteiger partial charge in [-0.1, -0.05) is 13.0 Å². The van der Waals surface area contributed by atoms with Crippen LogP contribution in [0, 0.1) is 0 Å². The van der Waals surface area contributed by atoms with E-state index in [1.807, 2.05) is 6.07 Å². The van der Waals surface area contributed by atoms with Crippen LogP contribution in [0.1, 0.15) is 36.9 Å². The summed E-state index contributed by atoms with van der Waals surface area (Å²) in [5.41, 5.74) is 2.85. The molecule has 0 saturated carbocycles. The Labute approximate surface area is 103 Å². The highest BCUT2D eigenvalue weighted by molar-refractivity contribution is 5.39. The van der Waals surface area contributed by atoms with Gasteiger partial charge in [0.15, 0.2) is 6.79 Å². The summed E-state index contributed by atoms with van der Waals surface area (Å²) in [5, 5.41) is 3.54. The van der Waals surface area contributed by atoms with Crippen LogP contribution in [0.15, 0.2) is 18.2 Å². The first-order valence-corrected chi connectivity index (χ1v) is 6.33. The lowest BCUT2D eigenvalue weighted by molar-refractivity contribution is 0.0510. The van der Waals surface area contributed by atoms with E-state index in [1.54, 1.807) is 7.11 Å². The number of aryl methyl sites for hydroxylation is 1. The van der Waals surface area contributed by atoms with E-state index >= 15 is 0 Å². The first-order valence-electron chi connectivity index (χ1n) is 6.33. The van der Waals surface area contributed by atoms with Gasteiger partial charge in [0.25, 0.3) is 0 Å². The van der Waals surface area contributed by atoms with Crippen molar-refractivity contribution in [2.24, 2.45) is 0 Å². The van der Waals surface area contributed by atoms with Crippen molar-refractivity contribution in [2.45, 2.75) is 32.2 Å².